The number of rotatable bonds is 2. The molecule has 0 fully saturated rings. The average molecular weight is 254 g/mol. The van der Waals surface area contributed by atoms with Crippen molar-refractivity contribution >= 4 is 11.3 Å². The highest BCUT2D eigenvalue weighted by Gasteiger charge is 2.24. The van der Waals surface area contributed by atoms with Crippen LogP contribution in [0.25, 0.3) is 0 Å². The first-order chi connectivity index (χ1) is 8.88. The van der Waals surface area contributed by atoms with Crippen LogP contribution in [-0.4, -0.2) is 11.4 Å². The van der Waals surface area contributed by atoms with E-state index in [1.165, 1.54) is 11.1 Å². The van der Waals surface area contributed by atoms with Gasteiger partial charge in [0.2, 0.25) is 0 Å². The van der Waals surface area contributed by atoms with Crippen molar-refractivity contribution in [3.63, 3.8) is 0 Å². The smallest absolute Gasteiger partial charge is 0.133 e. The van der Waals surface area contributed by atoms with Gasteiger partial charge in [-0.25, -0.2) is 0 Å². The van der Waals surface area contributed by atoms with Crippen LogP contribution in [-0.2, 0) is 13.0 Å². The van der Waals surface area contributed by atoms with Gasteiger partial charge in [0, 0.05) is 18.0 Å². The Balaban J connectivity index is 1.85. The Morgan fingerprint density at radius 3 is 2.72 bits per heavy atom. The van der Waals surface area contributed by atoms with E-state index in [4.69, 9.17) is 0 Å². The van der Waals surface area contributed by atoms with E-state index in [0.717, 1.165) is 24.4 Å². The fourth-order valence-electron chi connectivity index (χ4n) is 2.51. The highest BCUT2D eigenvalue weighted by Crippen LogP contribution is 2.29. The van der Waals surface area contributed by atoms with Crippen molar-refractivity contribution in [2.24, 2.45) is 0 Å². The van der Waals surface area contributed by atoms with Crippen LogP contribution in [0, 0.1) is 11.3 Å². The highest BCUT2D eigenvalue weighted by atomic mass is 32.1. The number of benzene rings is 1. The molecule has 0 saturated carbocycles. The summed E-state index contributed by atoms with van der Waals surface area (Å²) in [5, 5.41) is 11.5. The van der Waals surface area contributed by atoms with Gasteiger partial charge in [0.15, 0.2) is 0 Å². The number of nitriles is 1. The van der Waals surface area contributed by atoms with Crippen LogP contribution in [0.2, 0.25) is 0 Å². The third-order valence-electron chi connectivity index (χ3n) is 3.46. The molecule has 0 radical (unpaired) electrons. The first-order valence-electron chi connectivity index (χ1n) is 6.12. The quantitative estimate of drug-likeness (QED) is 0.821. The molecule has 1 aromatic heterocycles. The van der Waals surface area contributed by atoms with Crippen molar-refractivity contribution in [2.45, 2.75) is 19.0 Å². The minimum Gasteiger partial charge on any atom is -0.279 e. The molecule has 0 saturated heterocycles. The first-order valence-corrected chi connectivity index (χ1v) is 7.00. The van der Waals surface area contributed by atoms with Gasteiger partial charge in [0.25, 0.3) is 0 Å². The lowest BCUT2D eigenvalue weighted by Crippen LogP contribution is -2.33. The molecule has 1 aliphatic rings. The van der Waals surface area contributed by atoms with Gasteiger partial charge in [0.1, 0.15) is 6.04 Å². The van der Waals surface area contributed by atoms with Gasteiger partial charge >= 0.3 is 0 Å². The normalized spacial score (nSPS) is 16.8. The molecule has 18 heavy (non-hydrogen) atoms. The number of hydrogen-bond donors (Lipinski definition) is 0. The summed E-state index contributed by atoms with van der Waals surface area (Å²) in [6.07, 6.45) is 1.04. The lowest BCUT2D eigenvalue weighted by atomic mass is 9.98. The number of nitrogens with zero attached hydrogens (tertiary/aromatic N) is 2. The molecule has 0 bridgehead atoms. The van der Waals surface area contributed by atoms with Crippen molar-refractivity contribution in [1.29, 1.82) is 5.26 Å². The molecule has 3 rings (SSSR count). The molecule has 0 N–H and O–H groups in total. The molecule has 0 aliphatic carbocycles. The van der Waals surface area contributed by atoms with E-state index in [-0.39, 0.29) is 6.04 Å². The number of hydrogen-bond acceptors (Lipinski definition) is 3. The Hall–Kier alpha value is -1.63. The van der Waals surface area contributed by atoms with E-state index in [9.17, 15) is 5.26 Å². The first kappa shape index (κ1) is 11.5. The molecule has 2 nitrogen and oxygen atoms in total. The van der Waals surface area contributed by atoms with E-state index in [0.29, 0.717) is 0 Å². The Labute approximate surface area is 111 Å². The molecule has 1 aliphatic heterocycles. The Morgan fingerprint density at radius 1 is 1.17 bits per heavy atom. The SMILES string of the molecule is N#CC(c1cccs1)N1CCc2ccccc2C1. The Morgan fingerprint density at radius 2 is 2.00 bits per heavy atom. The summed E-state index contributed by atoms with van der Waals surface area (Å²) in [4.78, 5) is 3.42. The largest absolute Gasteiger partial charge is 0.279 e. The van der Waals surface area contributed by atoms with Crippen LogP contribution in [0.5, 0.6) is 0 Å². The molecule has 1 aromatic carbocycles. The van der Waals surface area contributed by atoms with Crippen LogP contribution in [0.15, 0.2) is 41.8 Å². The number of thiophene rings is 1. The van der Waals surface area contributed by atoms with Crippen molar-refractivity contribution in [2.75, 3.05) is 6.54 Å². The maximum Gasteiger partial charge on any atom is 0.133 e. The Bertz CT molecular complexity index is 568. The lowest BCUT2D eigenvalue weighted by Gasteiger charge is -2.31. The van der Waals surface area contributed by atoms with Crippen LogP contribution in [0.4, 0.5) is 0 Å². The van der Waals surface area contributed by atoms with Crippen molar-refractivity contribution in [1.82, 2.24) is 4.90 Å². The van der Waals surface area contributed by atoms with E-state index >= 15 is 0 Å². The zero-order valence-electron chi connectivity index (χ0n) is 10.0. The van der Waals surface area contributed by atoms with Gasteiger partial charge in [-0.05, 0) is 29.0 Å². The maximum absolute atomic E-state index is 9.41. The molecule has 0 amide bonds. The summed E-state index contributed by atoms with van der Waals surface area (Å²) in [5.41, 5.74) is 2.79. The van der Waals surface area contributed by atoms with Crippen LogP contribution in [0.3, 0.4) is 0 Å². The summed E-state index contributed by atoms with van der Waals surface area (Å²) < 4.78 is 0. The molecule has 1 atom stereocenters. The van der Waals surface area contributed by atoms with Gasteiger partial charge in [-0.1, -0.05) is 30.3 Å². The molecule has 2 aromatic rings. The standard InChI is InChI=1S/C15H14N2S/c16-10-14(15-6-3-9-18-15)17-8-7-12-4-1-2-5-13(12)11-17/h1-6,9,14H,7-8,11H2. The second-order valence-corrected chi connectivity index (χ2v) is 5.52. The summed E-state index contributed by atoms with van der Waals surface area (Å²) in [5.74, 6) is 0. The molecule has 3 heteroatoms. The van der Waals surface area contributed by atoms with Gasteiger partial charge < -0.3 is 0 Å². The fraction of sp³-hybridized carbons (Fsp3) is 0.267. The average Bonchev–Trinajstić information content (AvgIpc) is 2.93. The van der Waals surface area contributed by atoms with Crippen LogP contribution in [0.1, 0.15) is 22.0 Å². The molecule has 2 heterocycles. The van der Waals surface area contributed by atoms with Crippen molar-refractivity contribution < 1.29 is 0 Å². The monoisotopic (exact) mass is 254 g/mol. The van der Waals surface area contributed by atoms with E-state index < -0.39 is 0 Å². The van der Waals surface area contributed by atoms with Gasteiger partial charge in [0.05, 0.1) is 6.07 Å². The fourth-order valence-corrected chi connectivity index (χ4v) is 3.31. The minimum absolute atomic E-state index is 0.0987. The predicted molar refractivity (Wildman–Crippen MR) is 73.2 cm³/mol. The third kappa shape index (κ3) is 2.05. The summed E-state index contributed by atoms with van der Waals surface area (Å²) in [6.45, 7) is 1.85. The second-order valence-electron chi connectivity index (χ2n) is 4.54. The van der Waals surface area contributed by atoms with Gasteiger partial charge in [-0.3, -0.25) is 4.90 Å². The van der Waals surface area contributed by atoms with Crippen LogP contribution >= 0.6 is 11.3 Å². The lowest BCUT2D eigenvalue weighted by molar-refractivity contribution is 0.219. The molecular weight excluding hydrogens is 240 g/mol. The highest BCUT2D eigenvalue weighted by molar-refractivity contribution is 7.10. The van der Waals surface area contributed by atoms with Gasteiger partial charge in [-0.2, -0.15) is 5.26 Å². The van der Waals surface area contributed by atoms with Crippen LogP contribution < -0.4 is 0 Å². The summed E-state index contributed by atoms with van der Waals surface area (Å²) in [6, 6.07) is 14.9. The summed E-state index contributed by atoms with van der Waals surface area (Å²) in [7, 11) is 0. The topological polar surface area (TPSA) is 27.0 Å². The van der Waals surface area contributed by atoms with E-state index in [1.807, 2.05) is 11.4 Å². The van der Waals surface area contributed by atoms with Gasteiger partial charge in [-0.15, -0.1) is 11.3 Å². The zero-order valence-corrected chi connectivity index (χ0v) is 10.9. The number of fused-ring (bicyclic) bond motifs is 1. The minimum atomic E-state index is -0.0987. The van der Waals surface area contributed by atoms with E-state index in [1.54, 1.807) is 11.3 Å². The molecular formula is C15H14N2S. The molecule has 90 valence electrons. The Kier molecular flexibility index (Phi) is 3.14. The zero-order chi connectivity index (χ0) is 12.4. The third-order valence-corrected chi connectivity index (χ3v) is 4.39. The van der Waals surface area contributed by atoms with E-state index in [2.05, 4.69) is 41.3 Å². The van der Waals surface area contributed by atoms with Crippen molar-refractivity contribution in [3.8, 4) is 6.07 Å². The maximum atomic E-state index is 9.41. The molecule has 0 spiro atoms. The predicted octanol–water partition coefficient (Wildman–Crippen LogP) is 3.37. The summed E-state index contributed by atoms with van der Waals surface area (Å²) >= 11 is 1.67. The van der Waals surface area contributed by atoms with Crippen molar-refractivity contribution in [3.05, 3.63) is 57.8 Å². The second kappa shape index (κ2) is 4.93. The molecule has 1 unspecified atom stereocenters.